The fraction of sp³-hybridized carbons (Fsp3) is 0.658. The van der Waals surface area contributed by atoms with Crippen LogP contribution < -0.4 is 24.8 Å². The molecule has 0 spiro atoms. The molecule has 2 aliphatic rings. The molecule has 53 heavy (non-hydrogen) atoms. The average Bonchev–Trinajstić information content (AvgIpc) is 3.61. The number of rotatable bonds is 16. The first-order valence-corrected chi connectivity index (χ1v) is 19.8. The number of hydrogen-bond donors (Lipinski definition) is 3. The zero-order valence-electron chi connectivity index (χ0n) is 32.5. The van der Waals surface area contributed by atoms with Crippen LogP contribution in [0.2, 0.25) is 0 Å². The van der Waals surface area contributed by atoms with Crippen LogP contribution in [0.1, 0.15) is 100 Å². The summed E-state index contributed by atoms with van der Waals surface area (Å²) in [7, 11) is -2.63. The maximum atomic E-state index is 14.4. The molecule has 294 valence electrons. The summed E-state index contributed by atoms with van der Waals surface area (Å²) in [5.41, 5.74) is -1.73. The summed E-state index contributed by atoms with van der Waals surface area (Å²) in [5, 5.41) is 7.52. The van der Waals surface area contributed by atoms with Crippen LogP contribution in [-0.2, 0) is 33.7 Å². The minimum atomic E-state index is -4.21. The van der Waals surface area contributed by atoms with Gasteiger partial charge in [-0.2, -0.15) is 8.42 Å². The Bertz CT molecular complexity index is 1770. The van der Waals surface area contributed by atoms with Gasteiger partial charge in [-0.25, -0.2) is 13.9 Å². The van der Waals surface area contributed by atoms with Crippen LogP contribution in [0.25, 0.3) is 10.8 Å². The monoisotopic (exact) mass is 759 g/mol. The summed E-state index contributed by atoms with van der Waals surface area (Å²) >= 11 is 0. The molecule has 2 heterocycles. The van der Waals surface area contributed by atoms with Crippen molar-refractivity contribution >= 4 is 44.7 Å². The molecule has 1 aromatic heterocycles. The molecule has 1 aliphatic carbocycles. The number of nitrogens with zero attached hydrogens (tertiary/aromatic N) is 2. The van der Waals surface area contributed by atoms with Crippen LogP contribution >= 0.6 is 0 Å². The van der Waals surface area contributed by atoms with E-state index in [2.05, 4.69) is 15.6 Å². The SMILES string of the molecule is CC[C@H](CCC(=O)NS(=O)(=O)OC1(C)CC1)CNC(=O)[C@@H]1C[C@@H](Oc2nccc3cc(OC)ccc23)CN1C(=O)[C@@H](NC(=O)CC(C)(C)C)C(C)(C)C. The molecule has 15 heteroatoms. The molecule has 1 aromatic carbocycles. The quantitative estimate of drug-likeness (QED) is 0.222. The lowest BCUT2D eigenvalue weighted by Gasteiger charge is -2.36. The third-order valence-electron chi connectivity index (χ3n) is 9.60. The van der Waals surface area contributed by atoms with Crippen LogP contribution in [0.15, 0.2) is 30.5 Å². The highest BCUT2D eigenvalue weighted by Gasteiger charge is 2.46. The molecule has 1 saturated carbocycles. The van der Waals surface area contributed by atoms with Crippen LogP contribution in [0, 0.1) is 16.7 Å². The van der Waals surface area contributed by atoms with Crippen molar-refractivity contribution < 1.29 is 41.3 Å². The molecule has 2 aromatic rings. The van der Waals surface area contributed by atoms with Gasteiger partial charge in [0.15, 0.2) is 0 Å². The Morgan fingerprint density at radius 1 is 1.06 bits per heavy atom. The number of methoxy groups -OCH3 is 1. The lowest BCUT2D eigenvalue weighted by atomic mass is 9.84. The van der Waals surface area contributed by atoms with E-state index in [1.54, 1.807) is 26.3 Å². The molecule has 4 atom stereocenters. The van der Waals surface area contributed by atoms with E-state index < -0.39 is 57.2 Å². The number of aromatic nitrogens is 1. The van der Waals surface area contributed by atoms with E-state index in [1.807, 2.05) is 71.4 Å². The Labute approximate surface area is 313 Å². The maximum absolute atomic E-state index is 14.4. The van der Waals surface area contributed by atoms with Crippen LogP contribution in [0.4, 0.5) is 0 Å². The van der Waals surface area contributed by atoms with Crippen molar-refractivity contribution in [1.29, 1.82) is 0 Å². The summed E-state index contributed by atoms with van der Waals surface area (Å²) in [6.07, 6.45) is 3.49. The van der Waals surface area contributed by atoms with Crippen molar-refractivity contribution in [3.8, 4) is 11.6 Å². The lowest BCUT2D eigenvalue weighted by molar-refractivity contribution is -0.144. The molecule has 4 amide bonds. The number of amides is 4. The van der Waals surface area contributed by atoms with E-state index >= 15 is 0 Å². The van der Waals surface area contributed by atoms with Gasteiger partial charge in [0.05, 0.1) is 19.3 Å². The van der Waals surface area contributed by atoms with Gasteiger partial charge in [-0.05, 0) is 72.6 Å². The average molecular weight is 760 g/mol. The van der Waals surface area contributed by atoms with E-state index in [0.717, 1.165) is 10.8 Å². The number of benzene rings is 1. The molecule has 0 radical (unpaired) electrons. The molecule has 1 aliphatic heterocycles. The van der Waals surface area contributed by atoms with E-state index in [-0.39, 0.29) is 49.6 Å². The fourth-order valence-electron chi connectivity index (χ4n) is 6.27. The van der Waals surface area contributed by atoms with Gasteiger partial charge >= 0.3 is 10.3 Å². The van der Waals surface area contributed by atoms with Crippen molar-refractivity contribution in [1.82, 2.24) is 25.2 Å². The molecule has 3 N–H and O–H groups in total. The molecular formula is C38H57N5O9S. The third kappa shape index (κ3) is 12.0. The number of carbonyl (C=O) groups excluding carboxylic acids is 4. The molecule has 1 saturated heterocycles. The first kappa shape index (κ1) is 41.8. The van der Waals surface area contributed by atoms with Gasteiger partial charge < -0.3 is 25.0 Å². The van der Waals surface area contributed by atoms with Gasteiger partial charge in [0.25, 0.3) is 0 Å². The highest BCUT2D eigenvalue weighted by atomic mass is 32.2. The summed E-state index contributed by atoms with van der Waals surface area (Å²) < 4.78 is 43.3. The molecule has 4 rings (SSSR count). The summed E-state index contributed by atoms with van der Waals surface area (Å²) in [6.45, 7) is 15.3. The largest absolute Gasteiger partial charge is 0.497 e. The Hall–Kier alpha value is -3.98. The van der Waals surface area contributed by atoms with E-state index in [0.29, 0.717) is 37.3 Å². The zero-order valence-corrected chi connectivity index (χ0v) is 33.4. The molecule has 14 nitrogen and oxygen atoms in total. The summed E-state index contributed by atoms with van der Waals surface area (Å²) in [5.74, 6) is -0.850. The van der Waals surface area contributed by atoms with Crippen molar-refractivity contribution in [2.75, 3.05) is 20.2 Å². The Balaban J connectivity index is 1.50. The highest BCUT2D eigenvalue weighted by Crippen LogP contribution is 2.40. The second kappa shape index (κ2) is 16.6. The van der Waals surface area contributed by atoms with Crippen molar-refractivity contribution in [2.24, 2.45) is 16.7 Å². The second-order valence-electron chi connectivity index (χ2n) is 16.9. The van der Waals surface area contributed by atoms with Gasteiger partial charge in [-0.15, -0.1) is 0 Å². The number of likely N-dealkylation sites (tertiary alicyclic amines) is 1. The van der Waals surface area contributed by atoms with Crippen LogP contribution in [0.5, 0.6) is 11.6 Å². The number of fused-ring (bicyclic) bond motifs is 1. The predicted octanol–water partition coefficient (Wildman–Crippen LogP) is 4.41. The maximum Gasteiger partial charge on any atom is 0.362 e. The van der Waals surface area contributed by atoms with Gasteiger partial charge in [-0.3, -0.25) is 19.2 Å². The number of nitrogens with one attached hydrogen (secondary N) is 3. The van der Waals surface area contributed by atoms with Crippen molar-refractivity contribution in [2.45, 2.75) is 124 Å². The lowest BCUT2D eigenvalue weighted by Crippen LogP contribution is -2.58. The van der Waals surface area contributed by atoms with Gasteiger partial charge in [0.2, 0.25) is 29.5 Å². The van der Waals surface area contributed by atoms with Gasteiger partial charge in [0, 0.05) is 37.4 Å². The third-order valence-corrected chi connectivity index (χ3v) is 10.7. The predicted molar refractivity (Wildman–Crippen MR) is 200 cm³/mol. The number of ether oxygens (including phenoxy) is 2. The highest BCUT2D eigenvalue weighted by molar-refractivity contribution is 7.85. The topological polar surface area (TPSA) is 182 Å². The molecule has 0 unspecified atom stereocenters. The Morgan fingerprint density at radius 2 is 1.75 bits per heavy atom. The van der Waals surface area contributed by atoms with Gasteiger partial charge in [-0.1, -0.05) is 54.9 Å². The van der Waals surface area contributed by atoms with Crippen LogP contribution in [-0.4, -0.2) is 85.9 Å². The number of hydrogen-bond acceptors (Lipinski definition) is 10. The first-order chi connectivity index (χ1) is 24.6. The van der Waals surface area contributed by atoms with Crippen LogP contribution in [0.3, 0.4) is 0 Å². The van der Waals surface area contributed by atoms with Gasteiger partial charge in [0.1, 0.15) is 23.9 Å². The first-order valence-electron chi connectivity index (χ1n) is 18.3. The standard InChI is InChI=1S/C38H57N5O9S/c1-10-24(11-14-30(44)42-53(48,49)52-38(8)16-17-38)22-40-33(46)29-20-27(51-34-28-13-12-26(50-9)19-25(28)15-18-39-34)23-43(29)35(47)32(37(5,6)7)41-31(45)21-36(2,3)4/h12-13,15,18-19,24,27,29,32H,10-11,14,16-17,20-23H2,1-9H3,(H,40,46)(H,41,45)(H,42,44)/t24-,27-,29+,32-/m1/s1. The zero-order chi connectivity index (χ0) is 39.4. The summed E-state index contributed by atoms with van der Waals surface area (Å²) in [6, 6.07) is 5.53. The number of pyridine rings is 1. The summed E-state index contributed by atoms with van der Waals surface area (Å²) in [4.78, 5) is 59.9. The molecular weight excluding hydrogens is 703 g/mol. The molecule has 2 fully saturated rings. The Kier molecular flexibility index (Phi) is 13.1. The minimum absolute atomic E-state index is 0.0803. The molecule has 0 bridgehead atoms. The normalized spacial score (nSPS) is 19.6. The smallest absolute Gasteiger partial charge is 0.362 e. The number of carbonyl (C=O) groups is 4. The second-order valence-corrected chi connectivity index (χ2v) is 18.1. The minimum Gasteiger partial charge on any atom is -0.497 e. The van der Waals surface area contributed by atoms with E-state index in [1.165, 1.54) is 4.90 Å². The van der Waals surface area contributed by atoms with E-state index in [4.69, 9.17) is 13.7 Å². The van der Waals surface area contributed by atoms with Crippen molar-refractivity contribution in [3.63, 3.8) is 0 Å². The fourth-order valence-corrected chi connectivity index (χ4v) is 7.39. The Morgan fingerprint density at radius 3 is 2.36 bits per heavy atom. The van der Waals surface area contributed by atoms with E-state index in [9.17, 15) is 27.6 Å². The van der Waals surface area contributed by atoms with Crippen molar-refractivity contribution in [3.05, 3.63) is 30.5 Å².